The van der Waals surface area contributed by atoms with Gasteiger partial charge in [0.15, 0.2) is 0 Å². The van der Waals surface area contributed by atoms with E-state index in [9.17, 15) is 5.11 Å². The average molecular weight is 272 g/mol. The molecule has 3 atom stereocenters. The summed E-state index contributed by atoms with van der Waals surface area (Å²) in [7, 11) is 1.69. The first-order valence-corrected chi connectivity index (χ1v) is 6.64. The number of aliphatic hydroxyl groups is 1. The molecule has 0 aromatic heterocycles. The van der Waals surface area contributed by atoms with Crippen LogP contribution in [0.1, 0.15) is 31.9 Å². The minimum absolute atomic E-state index is 0.0359. The largest absolute Gasteiger partial charge is 0.387 e. The molecule has 1 rings (SSSR count). The summed E-state index contributed by atoms with van der Waals surface area (Å²) in [6.07, 6.45) is 0.416. The summed E-state index contributed by atoms with van der Waals surface area (Å²) >= 11 is 5.83. The minimum Gasteiger partial charge on any atom is -0.387 e. The minimum atomic E-state index is -0.548. The van der Waals surface area contributed by atoms with Crippen LogP contribution < -0.4 is 5.32 Å². The second kappa shape index (κ2) is 7.74. The molecule has 1 aromatic carbocycles. The Morgan fingerprint density at radius 2 is 1.94 bits per heavy atom. The molecule has 0 aliphatic heterocycles. The van der Waals surface area contributed by atoms with Crippen LogP contribution in [-0.2, 0) is 4.74 Å². The first-order chi connectivity index (χ1) is 8.58. The third-order valence-electron chi connectivity index (χ3n) is 3.04. The van der Waals surface area contributed by atoms with E-state index >= 15 is 0 Å². The zero-order chi connectivity index (χ0) is 13.5. The SMILES string of the molecule is CCC(COC)NC(C)C(O)c1ccc(Cl)cc1. The fourth-order valence-corrected chi connectivity index (χ4v) is 2.02. The highest BCUT2D eigenvalue weighted by Crippen LogP contribution is 2.19. The average Bonchev–Trinajstić information content (AvgIpc) is 2.38. The highest BCUT2D eigenvalue weighted by molar-refractivity contribution is 6.30. The molecule has 1 aromatic rings. The molecule has 0 heterocycles. The van der Waals surface area contributed by atoms with Crippen LogP contribution in [0.2, 0.25) is 5.02 Å². The van der Waals surface area contributed by atoms with Crippen LogP contribution in [0.25, 0.3) is 0 Å². The maximum Gasteiger partial charge on any atom is 0.0940 e. The lowest BCUT2D eigenvalue weighted by atomic mass is 10.0. The van der Waals surface area contributed by atoms with E-state index in [0.717, 1.165) is 12.0 Å². The lowest BCUT2D eigenvalue weighted by Gasteiger charge is -2.25. The molecule has 2 N–H and O–H groups in total. The van der Waals surface area contributed by atoms with Crippen molar-refractivity contribution in [3.8, 4) is 0 Å². The van der Waals surface area contributed by atoms with E-state index in [-0.39, 0.29) is 12.1 Å². The predicted octanol–water partition coefficient (Wildman–Crippen LogP) is 2.78. The summed E-state index contributed by atoms with van der Waals surface area (Å²) < 4.78 is 5.14. The van der Waals surface area contributed by atoms with E-state index in [1.165, 1.54) is 0 Å². The van der Waals surface area contributed by atoms with Gasteiger partial charge in [-0.05, 0) is 31.0 Å². The maximum absolute atomic E-state index is 10.2. The Hall–Kier alpha value is -0.610. The molecule has 18 heavy (non-hydrogen) atoms. The Kier molecular flexibility index (Phi) is 6.65. The van der Waals surface area contributed by atoms with Crippen molar-refractivity contribution in [1.82, 2.24) is 5.32 Å². The van der Waals surface area contributed by atoms with Crippen LogP contribution in [0.15, 0.2) is 24.3 Å². The quantitative estimate of drug-likeness (QED) is 0.801. The van der Waals surface area contributed by atoms with Gasteiger partial charge in [0.1, 0.15) is 0 Å². The molecule has 0 spiro atoms. The van der Waals surface area contributed by atoms with Crippen LogP contribution >= 0.6 is 11.6 Å². The lowest BCUT2D eigenvalue weighted by molar-refractivity contribution is 0.107. The van der Waals surface area contributed by atoms with Crippen molar-refractivity contribution < 1.29 is 9.84 Å². The Bertz CT molecular complexity index is 342. The van der Waals surface area contributed by atoms with E-state index in [1.54, 1.807) is 19.2 Å². The Morgan fingerprint density at radius 3 is 2.44 bits per heavy atom. The van der Waals surface area contributed by atoms with Gasteiger partial charge < -0.3 is 15.2 Å². The van der Waals surface area contributed by atoms with E-state index < -0.39 is 6.10 Å². The molecule has 0 amide bonds. The number of aliphatic hydroxyl groups excluding tert-OH is 1. The van der Waals surface area contributed by atoms with Crippen molar-refractivity contribution >= 4 is 11.6 Å². The van der Waals surface area contributed by atoms with Crippen molar-refractivity contribution in [2.45, 2.75) is 38.5 Å². The summed E-state index contributed by atoms with van der Waals surface area (Å²) in [5.74, 6) is 0. The zero-order valence-corrected chi connectivity index (χ0v) is 11.9. The molecule has 4 heteroatoms. The van der Waals surface area contributed by atoms with Gasteiger partial charge in [-0.15, -0.1) is 0 Å². The van der Waals surface area contributed by atoms with Gasteiger partial charge in [0.2, 0.25) is 0 Å². The van der Waals surface area contributed by atoms with E-state index in [4.69, 9.17) is 16.3 Å². The second-order valence-electron chi connectivity index (χ2n) is 4.51. The number of nitrogens with one attached hydrogen (secondary N) is 1. The summed E-state index contributed by atoms with van der Waals surface area (Å²) in [5.41, 5.74) is 0.867. The van der Waals surface area contributed by atoms with Gasteiger partial charge in [-0.1, -0.05) is 30.7 Å². The van der Waals surface area contributed by atoms with Gasteiger partial charge in [0.05, 0.1) is 12.7 Å². The highest BCUT2D eigenvalue weighted by atomic mass is 35.5. The van der Waals surface area contributed by atoms with Gasteiger partial charge in [-0.2, -0.15) is 0 Å². The number of halogens is 1. The van der Waals surface area contributed by atoms with Crippen molar-refractivity contribution in [3.63, 3.8) is 0 Å². The highest BCUT2D eigenvalue weighted by Gasteiger charge is 2.19. The molecule has 0 radical (unpaired) electrons. The first-order valence-electron chi connectivity index (χ1n) is 6.27. The Balaban J connectivity index is 2.59. The van der Waals surface area contributed by atoms with Gasteiger partial charge in [0, 0.05) is 24.2 Å². The number of benzene rings is 1. The van der Waals surface area contributed by atoms with E-state index in [0.29, 0.717) is 11.6 Å². The fourth-order valence-electron chi connectivity index (χ4n) is 1.90. The Labute approximate surface area is 114 Å². The van der Waals surface area contributed by atoms with Crippen molar-refractivity contribution in [2.75, 3.05) is 13.7 Å². The van der Waals surface area contributed by atoms with E-state index in [2.05, 4.69) is 12.2 Å². The molecular weight excluding hydrogens is 250 g/mol. The summed E-state index contributed by atoms with van der Waals surface area (Å²) in [4.78, 5) is 0. The van der Waals surface area contributed by atoms with Gasteiger partial charge in [-0.25, -0.2) is 0 Å². The molecule has 0 aliphatic rings. The molecular formula is C14H22ClNO2. The van der Waals surface area contributed by atoms with Crippen LogP contribution in [0.5, 0.6) is 0 Å². The van der Waals surface area contributed by atoms with Gasteiger partial charge >= 0.3 is 0 Å². The molecule has 0 aliphatic carbocycles. The standard InChI is InChI=1S/C14H22ClNO2/c1-4-13(9-18-3)16-10(2)14(17)11-5-7-12(15)8-6-11/h5-8,10,13-14,16-17H,4,9H2,1-3H3. The Morgan fingerprint density at radius 1 is 1.33 bits per heavy atom. The number of ether oxygens (including phenoxy) is 1. The number of methoxy groups -OCH3 is 1. The van der Waals surface area contributed by atoms with E-state index in [1.807, 2.05) is 19.1 Å². The predicted molar refractivity (Wildman–Crippen MR) is 75.0 cm³/mol. The lowest BCUT2D eigenvalue weighted by Crippen LogP contribution is -2.42. The van der Waals surface area contributed by atoms with Gasteiger partial charge in [-0.3, -0.25) is 0 Å². The van der Waals surface area contributed by atoms with Crippen LogP contribution in [0.4, 0.5) is 0 Å². The van der Waals surface area contributed by atoms with Crippen molar-refractivity contribution in [1.29, 1.82) is 0 Å². The van der Waals surface area contributed by atoms with Crippen LogP contribution in [-0.4, -0.2) is 30.9 Å². The number of rotatable bonds is 7. The number of hydrogen-bond donors (Lipinski definition) is 2. The topological polar surface area (TPSA) is 41.5 Å². The molecule has 0 saturated heterocycles. The molecule has 0 bridgehead atoms. The first kappa shape index (κ1) is 15.4. The van der Waals surface area contributed by atoms with Crippen molar-refractivity contribution in [3.05, 3.63) is 34.9 Å². The molecule has 0 fully saturated rings. The normalized spacial score (nSPS) is 16.3. The summed E-state index contributed by atoms with van der Waals surface area (Å²) in [6, 6.07) is 7.50. The summed E-state index contributed by atoms with van der Waals surface area (Å²) in [6.45, 7) is 4.71. The monoisotopic (exact) mass is 271 g/mol. The third-order valence-corrected chi connectivity index (χ3v) is 3.30. The fraction of sp³-hybridized carbons (Fsp3) is 0.571. The van der Waals surface area contributed by atoms with Crippen molar-refractivity contribution in [2.24, 2.45) is 0 Å². The van der Waals surface area contributed by atoms with Crippen LogP contribution in [0, 0.1) is 0 Å². The molecule has 102 valence electrons. The smallest absolute Gasteiger partial charge is 0.0940 e. The molecule has 0 saturated carbocycles. The molecule has 3 unspecified atom stereocenters. The third kappa shape index (κ3) is 4.58. The van der Waals surface area contributed by atoms with Gasteiger partial charge in [0.25, 0.3) is 0 Å². The van der Waals surface area contributed by atoms with Crippen LogP contribution in [0.3, 0.4) is 0 Å². The summed E-state index contributed by atoms with van der Waals surface area (Å²) in [5, 5.41) is 14.3. The number of hydrogen-bond acceptors (Lipinski definition) is 3. The second-order valence-corrected chi connectivity index (χ2v) is 4.95. The molecule has 3 nitrogen and oxygen atoms in total. The zero-order valence-electron chi connectivity index (χ0n) is 11.2. The maximum atomic E-state index is 10.2.